The van der Waals surface area contributed by atoms with Gasteiger partial charge in [0.25, 0.3) is 0 Å². The van der Waals surface area contributed by atoms with Crippen molar-refractivity contribution < 1.29 is 4.79 Å². The summed E-state index contributed by atoms with van der Waals surface area (Å²) in [5.41, 5.74) is 3.96. The standard InChI is InChI=1S/C27H32N6O/c1-20-6-3-7-21(16-20)17-22-18-28-19-23(31-22)24-8-4-13-33(24)25(34)27(2)9-14-32(15-10-27)26-29-11-5-12-30-26/h3,5-7,11-12,16,18-19,24H,4,8-10,13-15,17H2,1-2H3/t24-/m1/s1. The van der Waals surface area contributed by atoms with Crippen molar-refractivity contribution in [3.05, 3.63) is 77.6 Å². The van der Waals surface area contributed by atoms with E-state index < -0.39 is 0 Å². The van der Waals surface area contributed by atoms with Crippen LogP contribution >= 0.6 is 0 Å². The molecule has 0 radical (unpaired) electrons. The van der Waals surface area contributed by atoms with Crippen LogP contribution in [-0.2, 0) is 11.2 Å². The number of hydrogen-bond donors (Lipinski definition) is 0. The van der Waals surface area contributed by atoms with E-state index >= 15 is 0 Å². The van der Waals surface area contributed by atoms with Crippen molar-refractivity contribution in [3.8, 4) is 0 Å². The van der Waals surface area contributed by atoms with E-state index in [4.69, 9.17) is 4.98 Å². The predicted molar refractivity (Wildman–Crippen MR) is 131 cm³/mol. The molecule has 34 heavy (non-hydrogen) atoms. The van der Waals surface area contributed by atoms with E-state index in [1.807, 2.05) is 18.5 Å². The Bertz CT molecular complexity index is 1140. The second-order valence-corrected chi connectivity index (χ2v) is 9.85. The molecule has 0 bridgehead atoms. The first kappa shape index (κ1) is 22.4. The predicted octanol–water partition coefficient (Wildman–Crippen LogP) is 4.14. The largest absolute Gasteiger partial charge is 0.341 e. The quantitative estimate of drug-likeness (QED) is 0.575. The molecule has 2 aliphatic heterocycles. The Labute approximate surface area is 201 Å². The summed E-state index contributed by atoms with van der Waals surface area (Å²) < 4.78 is 0. The number of aromatic nitrogens is 4. The molecule has 176 valence electrons. The minimum Gasteiger partial charge on any atom is -0.341 e. The Balaban J connectivity index is 1.29. The Hall–Kier alpha value is -3.35. The normalized spacial score (nSPS) is 19.9. The van der Waals surface area contributed by atoms with Crippen LogP contribution in [0.25, 0.3) is 0 Å². The van der Waals surface area contributed by atoms with Crippen molar-refractivity contribution in [1.29, 1.82) is 0 Å². The van der Waals surface area contributed by atoms with Gasteiger partial charge in [-0.2, -0.15) is 0 Å². The summed E-state index contributed by atoms with van der Waals surface area (Å²) in [6, 6.07) is 10.3. The van der Waals surface area contributed by atoms with Gasteiger partial charge in [0.05, 0.1) is 23.6 Å². The number of carbonyl (C=O) groups is 1. The highest BCUT2D eigenvalue weighted by Gasteiger charge is 2.43. The molecule has 5 rings (SSSR count). The zero-order valence-electron chi connectivity index (χ0n) is 20.0. The summed E-state index contributed by atoms with van der Waals surface area (Å²) >= 11 is 0. The number of aryl methyl sites for hydroxylation is 1. The first-order valence-electron chi connectivity index (χ1n) is 12.2. The van der Waals surface area contributed by atoms with Gasteiger partial charge in [0.1, 0.15) is 0 Å². The summed E-state index contributed by atoms with van der Waals surface area (Å²) in [7, 11) is 0. The van der Waals surface area contributed by atoms with E-state index in [1.54, 1.807) is 12.4 Å². The van der Waals surface area contributed by atoms with E-state index in [2.05, 4.69) is 62.9 Å². The molecule has 2 fully saturated rings. The summed E-state index contributed by atoms with van der Waals surface area (Å²) in [5.74, 6) is 0.992. The van der Waals surface area contributed by atoms with Gasteiger partial charge in [-0.3, -0.25) is 14.8 Å². The van der Waals surface area contributed by atoms with Crippen molar-refractivity contribution in [2.75, 3.05) is 24.5 Å². The summed E-state index contributed by atoms with van der Waals surface area (Å²) in [6.07, 6.45) is 11.5. The molecule has 7 nitrogen and oxygen atoms in total. The summed E-state index contributed by atoms with van der Waals surface area (Å²) in [5, 5.41) is 0. The number of rotatable bonds is 5. The zero-order chi connectivity index (χ0) is 23.5. The molecule has 7 heteroatoms. The molecule has 4 heterocycles. The molecule has 0 unspecified atom stereocenters. The van der Waals surface area contributed by atoms with Crippen LogP contribution in [0.4, 0.5) is 5.95 Å². The number of hydrogen-bond acceptors (Lipinski definition) is 6. The van der Waals surface area contributed by atoms with Gasteiger partial charge in [0.2, 0.25) is 11.9 Å². The lowest BCUT2D eigenvalue weighted by atomic mass is 9.79. The van der Waals surface area contributed by atoms with Crippen LogP contribution < -0.4 is 4.90 Å². The molecule has 1 atom stereocenters. The monoisotopic (exact) mass is 456 g/mol. The number of piperidine rings is 1. The van der Waals surface area contributed by atoms with Gasteiger partial charge < -0.3 is 9.80 Å². The third-order valence-corrected chi connectivity index (χ3v) is 7.24. The maximum absolute atomic E-state index is 13.8. The second-order valence-electron chi connectivity index (χ2n) is 9.85. The molecule has 0 N–H and O–H groups in total. The van der Waals surface area contributed by atoms with Crippen LogP contribution in [0.5, 0.6) is 0 Å². The fourth-order valence-corrected chi connectivity index (χ4v) is 5.23. The van der Waals surface area contributed by atoms with Crippen molar-refractivity contribution in [1.82, 2.24) is 24.8 Å². The third kappa shape index (κ3) is 4.65. The Kier molecular flexibility index (Phi) is 6.26. The summed E-state index contributed by atoms with van der Waals surface area (Å²) in [6.45, 7) is 6.58. The van der Waals surface area contributed by atoms with Crippen LogP contribution in [-0.4, -0.2) is 50.4 Å². The zero-order valence-corrected chi connectivity index (χ0v) is 20.0. The summed E-state index contributed by atoms with van der Waals surface area (Å²) in [4.78, 5) is 36.2. The topological polar surface area (TPSA) is 75.1 Å². The fraction of sp³-hybridized carbons (Fsp3) is 0.444. The van der Waals surface area contributed by atoms with Crippen LogP contribution in [0.1, 0.15) is 61.2 Å². The van der Waals surface area contributed by atoms with Crippen LogP contribution in [0.2, 0.25) is 0 Å². The maximum atomic E-state index is 13.8. The van der Waals surface area contributed by atoms with Gasteiger partial charge in [-0.15, -0.1) is 0 Å². The molecular weight excluding hydrogens is 424 g/mol. The van der Waals surface area contributed by atoms with Crippen molar-refractivity contribution in [2.24, 2.45) is 5.41 Å². The Morgan fingerprint density at radius 3 is 2.65 bits per heavy atom. The lowest BCUT2D eigenvalue weighted by Gasteiger charge is -2.41. The lowest BCUT2D eigenvalue weighted by Crippen LogP contribution is -2.49. The molecule has 2 aliphatic rings. The smallest absolute Gasteiger partial charge is 0.229 e. The molecule has 0 aliphatic carbocycles. The van der Waals surface area contributed by atoms with Gasteiger partial charge in [-0.25, -0.2) is 9.97 Å². The van der Waals surface area contributed by atoms with E-state index in [0.29, 0.717) is 0 Å². The number of likely N-dealkylation sites (tertiary alicyclic amines) is 1. The van der Waals surface area contributed by atoms with Crippen LogP contribution in [0, 0.1) is 12.3 Å². The fourth-order valence-electron chi connectivity index (χ4n) is 5.23. The molecule has 0 spiro atoms. The molecule has 3 aromatic rings. The molecule has 1 amide bonds. The molecule has 2 saturated heterocycles. The SMILES string of the molecule is Cc1cccc(Cc2cncc([C@H]3CCCN3C(=O)C3(C)CCN(c4ncccn4)CC3)n2)c1. The maximum Gasteiger partial charge on any atom is 0.229 e. The first-order valence-corrected chi connectivity index (χ1v) is 12.2. The van der Waals surface area contributed by atoms with E-state index in [0.717, 1.165) is 69.1 Å². The van der Waals surface area contributed by atoms with Crippen LogP contribution in [0.15, 0.2) is 55.1 Å². The van der Waals surface area contributed by atoms with Gasteiger partial charge in [-0.05, 0) is 44.2 Å². The van der Waals surface area contributed by atoms with Crippen LogP contribution in [0.3, 0.4) is 0 Å². The van der Waals surface area contributed by atoms with E-state index in [-0.39, 0.29) is 17.4 Å². The molecule has 0 saturated carbocycles. The average Bonchev–Trinajstić information content (AvgIpc) is 3.35. The second kappa shape index (κ2) is 9.49. The Morgan fingerprint density at radius 1 is 1.09 bits per heavy atom. The van der Waals surface area contributed by atoms with Gasteiger partial charge in [0, 0.05) is 50.1 Å². The van der Waals surface area contributed by atoms with Gasteiger partial charge >= 0.3 is 0 Å². The minimum absolute atomic E-state index is 0.00442. The number of amides is 1. The highest BCUT2D eigenvalue weighted by atomic mass is 16.2. The number of nitrogens with zero attached hydrogens (tertiary/aromatic N) is 6. The minimum atomic E-state index is -0.375. The van der Waals surface area contributed by atoms with Gasteiger partial charge in [0.15, 0.2) is 0 Å². The number of benzene rings is 1. The third-order valence-electron chi connectivity index (χ3n) is 7.24. The van der Waals surface area contributed by atoms with E-state index in [1.165, 1.54) is 11.1 Å². The highest BCUT2D eigenvalue weighted by Crippen LogP contribution is 2.39. The van der Waals surface area contributed by atoms with E-state index in [9.17, 15) is 4.79 Å². The first-order chi connectivity index (χ1) is 16.5. The number of anilines is 1. The van der Waals surface area contributed by atoms with Gasteiger partial charge in [-0.1, -0.05) is 36.8 Å². The van der Waals surface area contributed by atoms with Crippen molar-refractivity contribution in [2.45, 2.75) is 52.0 Å². The molecule has 2 aromatic heterocycles. The molecular formula is C27H32N6O. The highest BCUT2D eigenvalue weighted by molar-refractivity contribution is 5.83. The van der Waals surface area contributed by atoms with Crippen molar-refractivity contribution >= 4 is 11.9 Å². The average molecular weight is 457 g/mol. The lowest BCUT2D eigenvalue weighted by molar-refractivity contribution is -0.143. The molecule has 1 aromatic carbocycles. The van der Waals surface area contributed by atoms with Crippen molar-refractivity contribution in [3.63, 3.8) is 0 Å². The number of carbonyl (C=O) groups excluding carboxylic acids is 1. The Morgan fingerprint density at radius 2 is 1.88 bits per heavy atom.